The number of hydrogen-bond donors (Lipinski definition) is 2. The van der Waals surface area contributed by atoms with Crippen LogP contribution in [-0.2, 0) is 5.54 Å². The molecule has 1 aliphatic carbocycles. The highest BCUT2D eigenvalue weighted by molar-refractivity contribution is 9.10. The summed E-state index contributed by atoms with van der Waals surface area (Å²) in [5, 5.41) is 4.03. The van der Waals surface area contributed by atoms with Gasteiger partial charge in [-0.2, -0.15) is 4.98 Å². The van der Waals surface area contributed by atoms with Crippen molar-refractivity contribution in [1.82, 2.24) is 10.1 Å². The Kier molecular flexibility index (Phi) is 6.04. The van der Waals surface area contributed by atoms with Crippen LogP contribution in [0.4, 0.5) is 5.69 Å². The predicted molar refractivity (Wildman–Crippen MR) is 90.7 cm³/mol. The fraction of sp³-hybridized carbons (Fsp3) is 0.385. The van der Waals surface area contributed by atoms with Crippen LogP contribution in [0.15, 0.2) is 27.2 Å². The van der Waals surface area contributed by atoms with Crippen LogP contribution in [0.1, 0.15) is 31.5 Å². The van der Waals surface area contributed by atoms with Gasteiger partial charge in [0.25, 0.3) is 5.89 Å². The Labute approximate surface area is 143 Å². The molecular formula is C13H17BrCl2N4O. The SMILES string of the molecule is Cl.Cl.Nc1cc(Br)ccc1-c1nc(C2(N)CCCC2)no1. The molecule has 116 valence electrons. The van der Waals surface area contributed by atoms with Crippen molar-refractivity contribution in [1.29, 1.82) is 0 Å². The maximum absolute atomic E-state index is 6.31. The fourth-order valence-electron chi connectivity index (χ4n) is 2.49. The van der Waals surface area contributed by atoms with Gasteiger partial charge >= 0.3 is 0 Å². The number of aromatic nitrogens is 2. The van der Waals surface area contributed by atoms with Gasteiger partial charge in [-0.3, -0.25) is 0 Å². The van der Waals surface area contributed by atoms with Gasteiger partial charge in [-0.05, 0) is 31.0 Å². The number of halogens is 3. The molecule has 1 saturated carbocycles. The third kappa shape index (κ3) is 3.51. The zero-order valence-corrected chi connectivity index (χ0v) is 14.4. The molecule has 0 aliphatic heterocycles. The van der Waals surface area contributed by atoms with Gasteiger partial charge in [0.1, 0.15) is 0 Å². The minimum atomic E-state index is -0.439. The first-order valence-corrected chi connectivity index (χ1v) is 7.06. The summed E-state index contributed by atoms with van der Waals surface area (Å²) in [6.45, 7) is 0. The number of rotatable bonds is 2. The van der Waals surface area contributed by atoms with Crippen LogP contribution in [0.5, 0.6) is 0 Å². The molecule has 3 rings (SSSR count). The first kappa shape index (κ1) is 18.2. The summed E-state index contributed by atoms with van der Waals surface area (Å²) < 4.78 is 6.23. The molecular weight excluding hydrogens is 379 g/mol. The Balaban J connectivity index is 0.00000110. The van der Waals surface area contributed by atoms with Gasteiger partial charge in [0.2, 0.25) is 0 Å². The van der Waals surface area contributed by atoms with E-state index in [1.165, 1.54) is 0 Å². The molecule has 0 bridgehead atoms. The predicted octanol–water partition coefficient (Wildman–Crippen LogP) is 3.65. The van der Waals surface area contributed by atoms with Crippen LogP contribution >= 0.6 is 40.7 Å². The van der Waals surface area contributed by atoms with Gasteiger partial charge in [0, 0.05) is 10.2 Å². The minimum absolute atomic E-state index is 0. The average Bonchev–Trinajstić information content (AvgIpc) is 2.99. The van der Waals surface area contributed by atoms with E-state index in [2.05, 4.69) is 26.1 Å². The molecule has 0 unspecified atom stereocenters. The van der Waals surface area contributed by atoms with E-state index in [4.69, 9.17) is 16.0 Å². The van der Waals surface area contributed by atoms with Gasteiger partial charge in [-0.15, -0.1) is 24.8 Å². The van der Waals surface area contributed by atoms with Crippen molar-refractivity contribution in [3.63, 3.8) is 0 Å². The summed E-state index contributed by atoms with van der Waals surface area (Å²) in [5.74, 6) is 1.01. The van der Waals surface area contributed by atoms with Crippen LogP contribution in [0.25, 0.3) is 11.5 Å². The molecule has 1 heterocycles. The van der Waals surface area contributed by atoms with E-state index in [1.54, 1.807) is 0 Å². The minimum Gasteiger partial charge on any atom is -0.398 e. The van der Waals surface area contributed by atoms with Crippen molar-refractivity contribution in [3.05, 3.63) is 28.5 Å². The van der Waals surface area contributed by atoms with Gasteiger partial charge in [-0.25, -0.2) is 0 Å². The molecule has 0 atom stereocenters. The molecule has 8 heteroatoms. The fourth-order valence-corrected chi connectivity index (χ4v) is 2.87. The summed E-state index contributed by atoms with van der Waals surface area (Å²) in [6, 6.07) is 5.56. The molecule has 0 saturated heterocycles. The summed E-state index contributed by atoms with van der Waals surface area (Å²) in [5.41, 5.74) is 13.2. The third-order valence-electron chi connectivity index (χ3n) is 3.61. The zero-order chi connectivity index (χ0) is 13.5. The molecule has 1 aliphatic rings. The maximum Gasteiger partial charge on any atom is 0.260 e. The average molecular weight is 396 g/mol. The summed E-state index contributed by atoms with van der Waals surface area (Å²) in [7, 11) is 0. The number of nitrogen functional groups attached to an aromatic ring is 1. The van der Waals surface area contributed by atoms with E-state index in [0.29, 0.717) is 17.4 Å². The summed E-state index contributed by atoms with van der Waals surface area (Å²) in [6.07, 6.45) is 4.03. The van der Waals surface area contributed by atoms with E-state index >= 15 is 0 Å². The highest BCUT2D eigenvalue weighted by Crippen LogP contribution is 2.36. The van der Waals surface area contributed by atoms with E-state index in [1.807, 2.05) is 18.2 Å². The molecule has 0 amide bonds. The molecule has 0 radical (unpaired) electrons. The Hall–Kier alpha value is -0.820. The summed E-state index contributed by atoms with van der Waals surface area (Å²) in [4.78, 5) is 4.43. The van der Waals surface area contributed by atoms with Crippen molar-refractivity contribution in [3.8, 4) is 11.5 Å². The lowest BCUT2D eigenvalue weighted by Crippen LogP contribution is -2.34. The Bertz CT molecular complexity index is 614. The third-order valence-corrected chi connectivity index (χ3v) is 4.10. The monoisotopic (exact) mass is 394 g/mol. The highest BCUT2D eigenvalue weighted by Gasteiger charge is 2.36. The lowest BCUT2D eigenvalue weighted by atomic mass is 9.98. The molecule has 1 aromatic carbocycles. The lowest BCUT2D eigenvalue weighted by molar-refractivity contribution is 0.372. The molecule has 1 aromatic heterocycles. The van der Waals surface area contributed by atoms with Crippen molar-refractivity contribution >= 4 is 46.4 Å². The molecule has 2 aromatic rings. The molecule has 0 spiro atoms. The topological polar surface area (TPSA) is 91.0 Å². The largest absolute Gasteiger partial charge is 0.398 e. The Morgan fingerprint density at radius 2 is 1.86 bits per heavy atom. The molecule has 1 fully saturated rings. The number of hydrogen-bond acceptors (Lipinski definition) is 5. The second kappa shape index (κ2) is 6.96. The van der Waals surface area contributed by atoms with E-state index in [0.717, 1.165) is 35.7 Å². The van der Waals surface area contributed by atoms with Crippen molar-refractivity contribution < 1.29 is 4.52 Å². The van der Waals surface area contributed by atoms with E-state index in [9.17, 15) is 0 Å². The Morgan fingerprint density at radius 1 is 1.19 bits per heavy atom. The number of nitrogens with two attached hydrogens (primary N) is 2. The maximum atomic E-state index is 6.31. The van der Waals surface area contributed by atoms with Gasteiger partial charge in [0.15, 0.2) is 5.82 Å². The molecule has 5 nitrogen and oxygen atoms in total. The first-order chi connectivity index (χ1) is 9.08. The number of nitrogens with zero attached hydrogens (tertiary/aromatic N) is 2. The van der Waals surface area contributed by atoms with Crippen LogP contribution in [0.2, 0.25) is 0 Å². The van der Waals surface area contributed by atoms with Crippen LogP contribution in [0.3, 0.4) is 0 Å². The Morgan fingerprint density at radius 3 is 2.48 bits per heavy atom. The quantitative estimate of drug-likeness (QED) is 0.757. The zero-order valence-electron chi connectivity index (χ0n) is 11.2. The second-order valence-electron chi connectivity index (χ2n) is 5.02. The van der Waals surface area contributed by atoms with Crippen LogP contribution in [-0.4, -0.2) is 10.1 Å². The first-order valence-electron chi connectivity index (χ1n) is 6.27. The van der Waals surface area contributed by atoms with Gasteiger partial charge in [0.05, 0.1) is 11.1 Å². The smallest absolute Gasteiger partial charge is 0.260 e. The van der Waals surface area contributed by atoms with Gasteiger partial charge in [-0.1, -0.05) is 33.9 Å². The number of anilines is 1. The van der Waals surface area contributed by atoms with E-state index in [-0.39, 0.29) is 24.8 Å². The van der Waals surface area contributed by atoms with Crippen molar-refractivity contribution in [2.45, 2.75) is 31.2 Å². The lowest BCUT2D eigenvalue weighted by Gasteiger charge is -2.17. The second-order valence-corrected chi connectivity index (χ2v) is 5.93. The normalized spacial score (nSPS) is 16.1. The van der Waals surface area contributed by atoms with E-state index < -0.39 is 5.54 Å². The number of benzene rings is 1. The standard InChI is InChI=1S/C13H15BrN4O.2ClH/c14-8-3-4-9(10(15)7-8)11-17-12(18-19-11)13(16)5-1-2-6-13;;/h3-4,7H,1-2,5-6,15-16H2;2*1H. The molecule has 4 N–H and O–H groups in total. The molecule has 21 heavy (non-hydrogen) atoms. The van der Waals surface area contributed by atoms with Crippen LogP contribution in [0, 0.1) is 0 Å². The summed E-state index contributed by atoms with van der Waals surface area (Å²) >= 11 is 3.37. The van der Waals surface area contributed by atoms with Crippen LogP contribution < -0.4 is 11.5 Å². The van der Waals surface area contributed by atoms with Gasteiger partial charge < -0.3 is 16.0 Å². The van der Waals surface area contributed by atoms with Crippen molar-refractivity contribution in [2.24, 2.45) is 5.73 Å². The highest BCUT2D eigenvalue weighted by atomic mass is 79.9. The van der Waals surface area contributed by atoms with Crippen molar-refractivity contribution in [2.75, 3.05) is 5.73 Å².